The Balaban J connectivity index is 1.38. The van der Waals surface area contributed by atoms with Gasteiger partial charge in [0.15, 0.2) is 0 Å². The van der Waals surface area contributed by atoms with E-state index in [2.05, 4.69) is 18.0 Å². The zero-order valence-corrected chi connectivity index (χ0v) is 19.9. The summed E-state index contributed by atoms with van der Waals surface area (Å²) in [6.07, 6.45) is -0.00331. The molecule has 0 bridgehead atoms. The number of benzene rings is 2. The predicted molar refractivity (Wildman–Crippen MR) is 128 cm³/mol. The van der Waals surface area contributed by atoms with Crippen LogP contribution in [0, 0.1) is 5.92 Å². The van der Waals surface area contributed by atoms with Gasteiger partial charge in [-0.3, -0.25) is 9.59 Å². The minimum atomic E-state index is -4.44. The van der Waals surface area contributed by atoms with E-state index in [1.165, 1.54) is 12.1 Å². The summed E-state index contributed by atoms with van der Waals surface area (Å²) in [7, 11) is 0. The van der Waals surface area contributed by atoms with Crippen LogP contribution in [-0.2, 0) is 21.1 Å². The van der Waals surface area contributed by atoms with Crippen molar-refractivity contribution in [1.29, 1.82) is 0 Å². The third-order valence-corrected chi connectivity index (χ3v) is 7.72. The number of piperidine rings is 1. The maximum Gasteiger partial charge on any atom is 0.416 e. The van der Waals surface area contributed by atoms with Crippen LogP contribution in [0.1, 0.15) is 58.8 Å². The van der Waals surface area contributed by atoms with E-state index >= 15 is 0 Å². The quantitative estimate of drug-likeness (QED) is 0.569. The molecule has 2 amide bonds. The van der Waals surface area contributed by atoms with E-state index < -0.39 is 17.2 Å². The van der Waals surface area contributed by atoms with Gasteiger partial charge in [0.25, 0.3) is 5.91 Å². The molecule has 2 aliphatic carbocycles. The zero-order chi connectivity index (χ0) is 25.5. The Labute approximate surface area is 208 Å². The van der Waals surface area contributed by atoms with Crippen LogP contribution < -0.4 is 5.32 Å². The van der Waals surface area contributed by atoms with Crippen molar-refractivity contribution in [2.75, 3.05) is 19.7 Å². The van der Waals surface area contributed by atoms with Crippen LogP contribution in [0.4, 0.5) is 13.2 Å². The van der Waals surface area contributed by atoms with Gasteiger partial charge in [-0.1, -0.05) is 30.3 Å². The molecule has 1 saturated carbocycles. The minimum Gasteiger partial charge on any atom is -0.371 e. The first kappa shape index (κ1) is 24.6. The fourth-order valence-electron chi connectivity index (χ4n) is 5.70. The Hall–Kier alpha value is -3.13. The van der Waals surface area contributed by atoms with Gasteiger partial charge in [-0.15, -0.1) is 6.58 Å². The van der Waals surface area contributed by atoms with Crippen LogP contribution in [0.25, 0.3) is 0 Å². The highest BCUT2D eigenvalue weighted by Crippen LogP contribution is 2.52. The van der Waals surface area contributed by atoms with Gasteiger partial charge in [-0.2, -0.15) is 13.2 Å². The maximum absolute atomic E-state index is 13.1. The molecular formula is C28H29F3N2O3. The third-order valence-electron chi connectivity index (χ3n) is 7.72. The van der Waals surface area contributed by atoms with Crippen molar-refractivity contribution in [1.82, 2.24) is 10.2 Å². The molecule has 0 aromatic heterocycles. The molecule has 5 rings (SSSR count). The molecule has 1 heterocycles. The molecule has 1 aliphatic heterocycles. The van der Waals surface area contributed by atoms with Crippen LogP contribution in [-0.4, -0.2) is 42.5 Å². The first-order valence-electron chi connectivity index (χ1n) is 12.3. The summed E-state index contributed by atoms with van der Waals surface area (Å²) in [5, 5.41) is 3.23. The molecule has 5 nitrogen and oxygen atoms in total. The summed E-state index contributed by atoms with van der Waals surface area (Å²) in [6, 6.07) is 12.1. The molecule has 1 N–H and O–H groups in total. The predicted octanol–water partition coefficient (Wildman–Crippen LogP) is 5.03. The van der Waals surface area contributed by atoms with Gasteiger partial charge >= 0.3 is 6.18 Å². The number of halogens is 3. The van der Waals surface area contributed by atoms with Crippen molar-refractivity contribution in [2.24, 2.45) is 5.92 Å². The Morgan fingerprint density at radius 2 is 1.75 bits per heavy atom. The lowest BCUT2D eigenvalue weighted by atomic mass is 9.71. The largest absolute Gasteiger partial charge is 0.416 e. The Kier molecular flexibility index (Phi) is 6.41. The van der Waals surface area contributed by atoms with Gasteiger partial charge in [0.1, 0.15) is 0 Å². The molecule has 1 spiro atoms. The second kappa shape index (κ2) is 9.39. The molecule has 36 heavy (non-hydrogen) atoms. The molecular weight excluding hydrogens is 469 g/mol. The van der Waals surface area contributed by atoms with E-state index in [9.17, 15) is 22.8 Å². The minimum absolute atomic E-state index is 0.0500. The lowest BCUT2D eigenvalue weighted by molar-refractivity contribution is -0.137. The first-order chi connectivity index (χ1) is 17.2. The second-order valence-corrected chi connectivity index (χ2v) is 9.91. The van der Waals surface area contributed by atoms with Crippen LogP contribution in [0.15, 0.2) is 61.2 Å². The van der Waals surface area contributed by atoms with Crippen molar-refractivity contribution >= 4 is 11.8 Å². The number of nitrogens with zero attached hydrogens (tertiary/aromatic N) is 1. The number of amides is 2. The van der Waals surface area contributed by atoms with Gasteiger partial charge < -0.3 is 15.0 Å². The number of alkyl halides is 3. The van der Waals surface area contributed by atoms with E-state index in [-0.39, 0.29) is 35.4 Å². The molecule has 0 radical (unpaired) electrons. The Morgan fingerprint density at radius 1 is 1.08 bits per heavy atom. The summed E-state index contributed by atoms with van der Waals surface area (Å²) >= 11 is 0. The SMILES string of the molecule is C=CCO[C@@H]1[C@@H](NC(=O)C2CC2)c2ccccc2C12CCN(C(=O)c1ccc(C(F)(F)F)cc1)CC2. The summed E-state index contributed by atoms with van der Waals surface area (Å²) in [5.41, 5.74) is 1.24. The average molecular weight is 499 g/mol. The molecule has 1 saturated heterocycles. The summed E-state index contributed by atoms with van der Waals surface area (Å²) in [6.45, 7) is 4.99. The van der Waals surface area contributed by atoms with E-state index in [4.69, 9.17) is 4.74 Å². The lowest BCUT2D eigenvalue weighted by Gasteiger charge is -2.44. The smallest absolute Gasteiger partial charge is 0.371 e. The third kappa shape index (κ3) is 4.43. The molecule has 190 valence electrons. The first-order valence-corrected chi connectivity index (χ1v) is 12.3. The summed E-state index contributed by atoms with van der Waals surface area (Å²) < 4.78 is 45.1. The average Bonchev–Trinajstić information content (AvgIpc) is 3.70. The second-order valence-electron chi connectivity index (χ2n) is 9.91. The fourth-order valence-corrected chi connectivity index (χ4v) is 5.70. The lowest BCUT2D eigenvalue weighted by Crippen LogP contribution is -2.52. The number of likely N-dealkylation sites (tertiary alicyclic amines) is 1. The van der Waals surface area contributed by atoms with Crippen molar-refractivity contribution < 1.29 is 27.5 Å². The molecule has 2 aromatic rings. The van der Waals surface area contributed by atoms with Crippen molar-refractivity contribution in [2.45, 2.75) is 49.4 Å². The van der Waals surface area contributed by atoms with E-state index in [0.717, 1.165) is 36.1 Å². The normalized spacial score (nSPS) is 22.8. The highest BCUT2D eigenvalue weighted by molar-refractivity contribution is 5.94. The summed E-state index contributed by atoms with van der Waals surface area (Å²) in [4.78, 5) is 27.5. The fraction of sp³-hybridized carbons (Fsp3) is 0.429. The van der Waals surface area contributed by atoms with Crippen molar-refractivity contribution in [3.8, 4) is 0 Å². The monoisotopic (exact) mass is 498 g/mol. The Bertz CT molecular complexity index is 1150. The molecule has 0 unspecified atom stereocenters. The topological polar surface area (TPSA) is 58.6 Å². The van der Waals surface area contributed by atoms with Crippen molar-refractivity contribution in [3.63, 3.8) is 0 Å². The van der Waals surface area contributed by atoms with E-state index in [0.29, 0.717) is 32.5 Å². The molecule has 2 aromatic carbocycles. The van der Waals surface area contributed by atoms with Gasteiger partial charge in [0.05, 0.1) is 24.3 Å². The van der Waals surface area contributed by atoms with E-state index in [1.54, 1.807) is 11.0 Å². The number of rotatable bonds is 6. The standard InChI is InChI=1S/C28H29F3N2O3/c1-2-17-36-24-23(32-25(34)18-7-8-18)21-5-3-4-6-22(21)27(24)13-15-33(16-14-27)26(35)19-9-11-20(12-10-19)28(29,30)31/h2-6,9-12,18,23-24H,1,7-8,13-17H2,(H,32,34)/t23-,24+/m0/s1. The highest BCUT2D eigenvalue weighted by atomic mass is 19.4. The van der Waals surface area contributed by atoms with E-state index in [1.807, 2.05) is 18.2 Å². The molecule has 2 atom stereocenters. The maximum atomic E-state index is 13.1. The number of hydrogen-bond donors (Lipinski definition) is 1. The van der Waals surface area contributed by atoms with Crippen LogP contribution in [0.2, 0.25) is 0 Å². The van der Waals surface area contributed by atoms with Crippen molar-refractivity contribution in [3.05, 3.63) is 83.4 Å². The van der Waals surface area contributed by atoms with Gasteiger partial charge in [-0.25, -0.2) is 0 Å². The highest BCUT2D eigenvalue weighted by Gasteiger charge is 2.55. The zero-order valence-electron chi connectivity index (χ0n) is 19.9. The molecule has 8 heteroatoms. The summed E-state index contributed by atoms with van der Waals surface area (Å²) in [5.74, 6) is -0.169. The number of carbonyl (C=O) groups excluding carboxylic acids is 2. The van der Waals surface area contributed by atoms with Gasteiger partial charge in [0, 0.05) is 30.0 Å². The number of hydrogen-bond acceptors (Lipinski definition) is 3. The number of fused-ring (bicyclic) bond motifs is 2. The number of carbonyl (C=O) groups is 2. The Morgan fingerprint density at radius 3 is 2.36 bits per heavy atom. The van der Waals surface area contributed by atoms with Gasteiger partial charge in [0.2, 0.25) is 5.91 Å². The number of nitrogens with one attached hydrogen (secondary N) is 1. The van der Waals surface area contributed by atoms with Crippen LogP contribution >= 0.6 is 0 Å². The van der Waals surface area contributed by atoms with Crippen LogP contribution in [0.3, 0.4) is 0 Å². The van der Waals surface area contributed by atoms with Crippen LogP contribution in [0.5, 0.6) is 0 Å². The molecule has 3 aliphatic rings. The molecule has 2 fully saturated rings. The van der Waals surface area contributed by atoms with Gasteiger partial charge in [-0.05, 0) is 61.1 Å². The number of ether oxygens (including phenoxy) is 1.